The maximum atomic E-state index is 11.9. The number of halogens is 2. The molecule has 1 rings (SSSR count). The van der Waals surface area contributed by atoms with Gasteiger partial charge < -0.3 is 19.9 Å². The first kappa shape index (κ1) is 20.0. The van der Waals surface area contributed by atoms with Crippen molar-refractivity contribution >= 4 is 34.3 Å². The van der Waals surface area contributed by atoms with E-state index in [0.29, 0.717) is 17.1 Å². The molecule has 120 valence electrons. The van der Waals surface area contributed by atoms with Crippen molar-refractivity contribution < 1.29 is 19.0 Å². The second kappa shape index (κ2) is 7.87. The van der Waals surface area contributed by atoms with Crippen LogP contribution in [-0.4, -0.2) is 27.3 Å². The lowest BCUT2D eigenvalue weighted by Gasteiger charge is -2.30. The first-order valence-electron chi connectivity index (χ1n) is 6.05. The van der Waals surface area contributed by atoms with E-state index in [2.05, 4.69) is 15.9 Å². The fraction of sp³-hybridized carbons (Fsp3) is 0.500. The van der Waals surface area contributed by atoms with Crippen molar-refractivity contribution in [1.29, 1.82) is 0 Å². The number of carbonyl (C=O) groups is 1. The minimum atomic E-state index is -0.888. The second-order valence-corrected chi connectivity index (χ2v) is 5.77. The molecule has 0 saturated heterocycles. The average Bonchev–Trinajstić information content (AvgIpc) is 2.44. The SMILES string of the molecule is COC(=O)C(C)(C)[C@@H](N)c1cc(OC)c(Br)cc1OC.Cl. The van der Waals surface area contributed by atoms with Gasteiger partial charge in [-0.05, 0) is 41.9 Å². The van der Waals surface area contributed by atoms with Gasteiger partial charge in [-0.1, -0.05) is 0 Å². The lowest BCUT2D eigenvalue weighted by atomic mass is 9.80. The average molecular weight is 383 g/mol. The molecular formula is C14H21BrClNO4. The van der Waals surface area contributed by atoms with Gasteiger partial charge in [-0.15, -0.1) is 12.4 Å². The summed E-state index contributed by atoms with van der Waals surface area (Å²) < 4.78 is 16.2. The number of rotatable bonds is 5. The van der Waals surface area contributed by atoms with Crippen LogP contribution in [0.15, 0.2) is 16.6 Å². The maximum absolute atomic E-state index is 11.9. The molecule has 7 heteroatoms. The molecule has 21 heavy (non-hydrogen) atoms. The summed E-state index contributed by atoms with van der Waals surface area (Å²) >= 11 is 3.39. The zero-order valence-electron chi connectivity index (χ0n) is 12.7. The number of methoxy groups -OCH3 is 3. The van der Waals surface area contributed by atoms with Crippen LogP contribution in [-0.2, 0) is 9.53 Å². The van der Waals surface area contributed by atoms with E-state index in [-0.39, 0.29) is 18.4 Å². The molecule has 1 aromatic rings. The zero-order chi connectivity index (χ0) is 15.5. The van der Waals surface area contributed by atoms with Gasteiger partial charge in [0.2, 0.25) is 0 Å². The van der Waals surface area contributed by atoms with Gasteiger partial charge in [0.15, 0.2) is 0 Å². The summed E-state index contributed by atoms with van der Waals surface area (Å²) in [7, 11) is 4.46. The Kier molecular flexibility index (Phi) is 7.50. The van der Waals surface area contributed by atoms with Crippen LogP contribution in [0.3, 0.4) is 0 Å². The predicted molar refractivity (Wildman–Crippen MR) is 87.2 cm³/mol. The number of esters is 1. The third kappa shape index (κ3) is 4.02. The first-order chi connectivity index (χ1) is 9.29. The van der Waals surface area contributed by atoms with Crippen molar-refractivity contribution in [2.45, 2.75) is 19.9 Å². The summed E-state index contributed by atoms with van der Waals surface area (Å²) in [6.07, 6.45) is 0. The highest BCUT2D eigenvalue weighted by molar-refractivity contribution is 9.10. The van der Waals surface area contributed by atoms with Gasteiger partial charge >= 0.3 is 5.97 Å². The van der Waals surface area contributed by atoms with Crippen molar-refractivity contribution in [1.82, 2.24) is 0 Å². The fourth-order valence-corrected chi connectivity index (χ4v) is 2.39. The van der Waals surface area contributed by atoms with Gasteiger partial charge in [0, 0.05) is 11.6 Å². The van der Waals surface area contributed by atoms with Crippen molar-refractivity contribution in [3.05, 3.63) is 22.2 Å². The Morgan fingerprint density at radius 1 is 1.19 bits per heavy atom. The Labute approximate surface area is 139 Å². The Morgan fingerprint density at radius 2 is 1.71 bits per heavy atom. The predicted octanol–water partition coefficient (Wildman–Crippen LogP) is 3.09. The van der Waals surface area contributed by atoms with Crippen molar-refractivity contribution in [3.8, 4) is 11.5 Å². The number of ether oxygens (including phenoxy) is 3. The van der Waals surface area contributed by atoms with Gasteiger partial charge in [0.05, 0.1) is 31.2 Å². The van der Waals surface area contributed by atoms with E-state index >= 15 is 0 Å². The topological polar surface area (TPSA) is 70.8 Å². The molecule has 0 aromatic heterocycles. The van der Waals surface area contributed by atoms with Crippen LogP contribution < -0.4 is 15.2 Å². The molecule has 0 aliphatic heterocycles. The van der Waals surface area contributed by atoms with E-state index in [4.69, 9.17) is 19.9 Å². The maximum Gasteiger partial charge on any atom is 0.313 e. The molecular weight excluding hydrogens is 362 g/mol. The highest BCUT2D eigenvalue weighted by Gasteiger charge is 2.38. The van der Waals surface area contributed by atoms with E-state index in [1.807, 2.05) is 0 Å². The molecule has 2 N–H and O–H groups in total. The number of carbonyl (C=O) groups excluding carboxylic acids is 1. The number of hydrogen-bond donors (Lipinski definition) is 1. The minimum absolute atomic E-state index is 0. The highest BCUT2D eigenvalue weighted by atomic mass is 79.9. The van der Waals surface area contributed by atoms with E-state index in [0.717, 1.165) is 4.47 Å². The van der Waals surface area contributed by atoms with E-state index in [1.54, 1.807) is 40.2 Å². The van der Waals surface area contributed by atoms with Crippen LogP contribution in [0, 0.1) is 5.41 Å². The molecule has 5 nitrogen and oxygen atoms in total. The summed E-state index contributed by atoms with van der Waals surface area (Å²) in [5, 5.41) is 0. The van der Waals surface area contributed by atoms with Gasteiger partial charge in [0.1, 0.15) is 11.5 Å². The van der Waals surface area contributed by atoms with Gasteiger partial charge in [0.25, 0.3) is 0 Å². The van der Waals surface area contributed by atoms with Gasteiger partial charge in [-0.3, -0.25) is 4.79 Å². The lowest BCUT2D eigenvalue weighted by molar-refractivity contribution is -0.152. The Hall–Kier alpha value is -0.980. The molecule has 0 unspecified atom stereocenters. The van der Waals surface area contributed by atoms with Crippen molar-refractivity contribution in [2.24, 2.45) is 11.1 Å². The van der Waals surface area contributed by atoms with Crippen LogP contribution in [0.1, 0.15) is 25.5 Å². The molecule has 1 aromatic carbocycles. The smallest absolute Gasteiger partial charge is 0.313 e. The number of nitrogens with two attached hydrogens (primary N) is 1. The lowest BCUT2D eigenvalue weighted by Crippen LogP contribution is -2.37. The van der Waals surface area contributed by atoms with E-state index in [1.165, 1.54) is 7.11 Å². The molecule has 0 spiro atoms. The Bertz CT molecular complexity index is 508. The zero-order valence-corrected chi connectivity index (χ0v) is 15.1. The molecule has 0 saturated carbocycles. The molecule has 0 bridgehead atoms. The summed E-state index contributed by atoms with van der Waals surface area (Å²) in [6.45, 7) is 3.47. The van der Waals surface area contributed by atoms with Crippen LogP contribution in [0.25, 0.3) is 0 Å². The number of hydrogen-bond acceptors (Lipinski definition) is 5. The molecule has 0 heterocycles. The molecule has 0 amide bonds. The fourth-order valence-electron chi connectivity index (χ4n) is 1.91. The van der Waals surface area contributed by atoms with E-state index in [9.17, 15) is 4.79 Å². The van der Waals surface area contributed by atoms with Crippen molar-refractivity contribution in [2.75, 3.05) is 21.3 Å². The Balaban J connectivity index is 0.00000400. The minimum Gasteiger partial charge on any atom is -0.496 e. The molecule has 1 atom stereocenters. The Morgan fingerprint density at radius 3 is 2.14 bits per heavy atom. The van der Waals surface area contributed by atoms with Crippen LogP contribution in [0.5, 0.6) is 11.5 Å². The second-order valence-electron chi connectivity index (χ2n) is 4.92. The van der Waals surface area contributed by atoms with Crippen molar-refractivity contribution in [3.63, 3.8) is 0 Å². The monoisotopic (exact) mass is 381 g/mol. The summed E-state index contributed by atoms with van der Waals surface area (Å²) in [4.78, 5) is 11.9. The summed E-state index contributed by atoms with van der Waals surface area (Å²) in [5.41, 5.74) is 6.04. The van der Waals surface area contributed by atoms with Crippen LogP contribution >= 0.6 is 28.3 Å². The van der Waals surface area contributed by atoms with Crippen LogP contribution in [0.2, 0.25) is 0 Å². The number of benzene rings is 1. The molecule has 0 radical (unpaired) electrons. The normalized spacial score (nSPS) is 12.1. The third-order valence-electron chi connectivity index (χ3n) is 3.33. The molecule has 0 aliphatic carbocycles. The largest absolute Gasteiger partial charge is 0.496 e. The molecule has 0 fully saturated rings. The summed E-state index contributed by atoms with van der Waals surface area (Å²) in [5.74, 6) is 0.827. The van der Waals surface area contributed by atoms with E-state index < -0.39 is 11.5 Å². The van der Waals surface area contributed by atoms with Gasteiger partial charge in [-0.2, -0.15) is 0 Å². The van der Waals surface area contributed by atoms with Crippen LogP contribution in [0.4, 0.5) is 0 Å². The quantitative estimate of drug-likeness (QED) is 0.792. The third-order valence-corrected chi connectivity index (χ3v) is 3.95. The highest BCUT2D eigenvalue weighted by Crippen LogP contribution is 2.41. The first-order valence-corrected chi connectivity index (χ1v) is 6.84. The summed E-state index contributed by atoms with van der Waals surface area (Å²) in [6, 6.07) is 2.94. The molecule has 0 aliphatic rings. The van der Waals surface area contributed by atoms with Gasteiger partial charge in [-0.25, -0.2) is 0 Å². The standard InChI is InChI=1S/C14H20BrNO4.ClH/c1-14(2,13(17)20-5)12(16)8-6-11(19-4)9(15)7-10(8)18-3;/h6-7,12H,16H2,1-5H3;1H/t12-;/m0./s1.